The van der Waals surface area contributed by atoms with E-state index in [1.165, 1.54) is 21.1 Å². The fourth-order valence-electron chi connectivity index (χ4n) is 3.39. The molecular formula is C20H24ClN3O4. The molecule has 28 heavy (non-hydrogen) atoms. The normalized spacial score (nSPS) is 12.5. The molecule has 0 saturated carbocycles. The van der Waals surface area contributed by atoms with Gasteiger partial charge >= 0.3 is 0 Å². The van der Waals surface area contributed by atoms with Gasteiger partial charge in [-0.3, -0.25) is 9.59 Å². The molecule has 2 amide bonds. The topological polar surface area (TPSA) is 93.9 Å². The first-order valence-corrected chi connectivity index (χ1v) is 8.69. The molecule has 7 nitrogen and oxygen atoms in total. The Hall–Kier alpha value is -2.93. The van der Waals surface area contributed by atoms with Gasteiger partial charge in [-0.1, -0.05) is 6.07 Å². The summed E-state index contributed by atoms with van der Waals surface area (Å²) in [6.07, 6.45) is 1.67. The molecule has 0 fully saturated rings. The van der Waals surface area contributed by atoms with Crippen molar-refractivity contribution in [2.24, 2.45) is 0 Å². The van der Waals surface area contributed by atoms with Crippen LogP contribution in [0.5, 0.6) is 11.5 Å². The van der Waals surface area contributed by atoms with Crippen molar-refractivity contribution in [3.63, 3.8) is 0 Å². The molecule has 3 rings (SSSR count). The second-order valence-corrected chi connectivity index (χ2v) is 6.35. The predicted molar refractivity (Wildman–Crippen MR) is 112 cm³/mol. The highest BCUT2D eigenvalue weighted by molar-refractivity contribution is 6.08. The van der Waals surface area contributed by atoms with Crippen molar-refractivity contribution in [2.45, 2.75) is 19.8 Å². The Balaban J connectivity index is 0.00000280. The van der Waals surface area contributed by atoms with Crippen LogP contribution in [0.15, 0.2) is 30.3 Å². The van der Waals surface area contributed by atoms with E-state index < -0.39 is 0 Å². The Morgan fingerprint density at radius 2 is 1.93 bits per heavy atom. The summed E-state index contributed by atoms with van der Waals surface area (Å²) in [6.45, 7) is 1.99. The Morgan fingerprint density at radius 1 is 1.18 bits per heavy atom. The first-order valence-electron chi connectivity index (χ1n) is 8.69. The summed E-state index contributed by atoms with van der Waals surface area (Å²) in [5.74, 6) is 0.287. The van der Waals surface area contributed by atoms with E-state index in [9.17, 15) is 9.59 Å². The number of carbonyl (C=O) groups excluding carboxylic acids is 2. The summed E-state index contributed by atoms with van der Waals surface area (Å²) < 4.78 is 10.7. The van der Waals surface area contributed by atoms with Gasteiger partial charge < -0.3 is 25.4 Å². The second-order valence-electron chi connectivity index (χ2n) is 6.35. The number of halogens is 1. The van der Waals surface area contributed by atoms with Crippen molar-refractivity contribution < 1.29 is 19.1 Å². The van der Waals surface area contributed by atoms with Gasteiger partial charge in [0.25, 0.3) is 5.91 Å². The van der Waals surface area contributed by atoms with Crippen LogP contribution in [-0.2, 0) is 11.2 Å². The summed E-state index contributed by atoms with van der Waals surface area (Å²) in [6, 6.07) is 8.81. The first kappa shape index (κ1) is 21.4. The Bertz CT molecular complexity index is 901. The minimum Gasteiger partial charge on any atom is -0.493 e. The number of amides is 2. The first-order chi connectivity index (χ1) is 13.0. The van der Waals surface area contributed by atoms with E-state index in [1.54, 1.807) is 17.0 Å². The molecule has 0 aliphatic carbocycles. The summed E-state index contributed by atoms with van der Waals surface area (Å²) in [5, 5.41) is 2.69. The molecule has 8 heteroatoms. The molecule has 1 aliphatic rings. The lowest BCUT2D eigenvalue weighted by Crippen LogP contribution is -2.35. The van der Waals surface area contributed by atoms with Crippen LogP contribution in [0.3, 0.4) is 0 Å². The van der Waals surface area contributed by atoms with Gasteiger partial charge in [0.05, 0.1) is 19.9 Å². The standard InChI is InChI=1S/C20H23N3O4.ClH/c1-12(24)22-16-10-13(11-18(26-2)19(16)27-3)20(25)23-9-5-6-14-15(21)7-4-8-17(14)23;/h4,7-8,10-11H,5-6,9,21H2,1-3H3,(H,22,24);1H. The number of anilines is 3. The molecule has 0 atom stereocenters. The quantitative estimate of drug-likeness (QED) is 0.761. The van der Waals surface area contributed by atoms with E-state index in [1.807, 2.05) is 18.2 Å². The van der Waals surface area contributed by atoms with E-state index in [-0.39, 0.29) is 24.2 Å². The number of methoxy groups -OCH3 is 2. The molecule has 0 radical (unpaired) electrons. The summed E-state index contributed by atoms with van der Waals surface area (Å²) in [5.41, 5.74) is 9.36. The average molecular weight is 406 g/mol. The second kappa shape index (κ2) is 8.84. The van der Waals surface area contributed by atoms with Gasteiger partial charge in [0, 0.05) is 30.4 Å². The van der Waals surface area contributed by atoms with Crippen molar-refractivity contribution in [3.8, 4) is 11.5 Å². The van der Waals surface area contributed by atoms with Crippen molar-refractivity contribution in [3.05, 3.63) is 41.5 Å². The number of benzene rings is 2. The highest BCUT2D eigenvalue weighted by Gasteiger charge is 2.26. The maximum absolute atomic E-state index is 13.3. The molecule has 1 heterocycles. The van der Waals surface area contributed by atoms with Gasteiger partial charge in [0.15, 0.2) is 11.5 Å². The van der Waals surface area contributed by atoms with Gasteiger partial charge in [0.2, 0.25) is 5.91 Å². The molecule has 2 aromatic rings. The van der Waals surface area contributed by atoms with Crippen LogP contribution < -0.4 is 25.4 Å². The molecule has 1 aliphatic heterocycles. The number of rotatable bonds is 4. The lowest BCUT2D eigenvalue weighted by molar-refractivity contribution is -0.114. The van der Waals surface area contributed by atoms with E-state index in [0.29, 0.717) is 35.0 Å². The van der Waals surface area contributed by atoms with E-state index >= 15 is 0 Å². The van der Waals surface area contributed by atoms with Crippen LogP contribution in [-0.4, -0.2) is 32.6 Å². The van der Waals surface area contributed by atoms with E-state index in [4.69, 9.17) is 15.2 Å². The molecule has 2 aromatic carbocycles. The minimum atomic E-state index is -0.268. The van der Waals surface area contributed by atoms with Crippen molar-refractivity contribution in [1.29, 1.82) is 0 Å². The van der Waals surface area contributed by atoms with Gasteiger partial charge in [-0.15, -0.1) is 12.4 Å². The van der Waals surface area contributed by atoms with Crippen molar-refractivity contribution >= 4 is 41.3 Å². The van der Waals surface area contributed by atoms with Crippen LogP contribution >= 0.6 is 12.4 Å². The zero-order chi connectivity index (χ0) is 19.6. The summed E-state index contributed by atoms with van der Waals surface area (Å²) >= 11 is 0. The predicted octanol–water partition coefficient (Wildman–Crippen LogP) is 3.26. The molecule has 0 aromatic heterocycles. The number of nitrogens with one attached hydrogen (secondary N) is 1. The van der Waals surface area contributed by atoms with Crippen molar-refractivity contribution in [1.82, 2.24) is 0 Å². The van der Waals surface area contributed by atoms with Gasteiger partial charge in [-0.25, -0.2) is 0 Å². The van der Waals surface area contributed by atoms with Gasteiger partial charge in [0.1, 0.15) is 0 Å². The third-order valence-electron chi connectivity index (χ3n) is 4.57. The van der Waals surface area contributed by atoms with E-state index in [0.717, 1.165) is 24.1 Å². The average Bonchev–Trinajstić information content (AvgIpc) is 2.66. The largest absolute Gasteiger partial charge is 0.493 e. The number of nitrogen functional groups attached to an aromatic ring is 1. The van der Waals surface area contributed by atoms with E-state index in [2.05, 4.69) is 5.32 Å². The summed E-state index contributed by atoms with van der Waals surface area (Å²) in [7, 11) is 2.97. The molecule has 0 bridgehead atoms. The fourth-order valence-corrected chi connectivity index (χ4v) is 3.39. The number of ether oxygens (including phenoxy) is 2. The van der Waals surface area contributed by atoms with Crippen LogP contribution in [0.25, 0.3) is 0 Å². The zero-order valence-electron chi connectivity index (χ0n) is 16.1. The zero-order valence-corrected chi connectivity index (χ0v) is 16.9. The molecule has 0 spiro atoms. The molecule has 3 N–H and O–H groups in total. The Kier molecular flexibility index (Phi) is 6.75. The highest BCUT2D eigenvalue weighted by atomic mass is 35.5. The summed E-state index contributed by atoms with van der Waals surface area (Å²) in [4.78, 5) is 26.5. The molecular weight excluding hydrogens is 382 g/mol. The van der Waals surface area contributed by atoms with Crippen LogP contribution in [0.4, 0.5) is 17.1 Å². The number of hydrogen-bond acceptors (Lipinski definition) is 5. The maximum atomic E-state index is 13.3. The molecule has 0 unspecified atom stereocenters. The highest BCUT2D eigenvalue weighted by Crippen LogP contribution is 2.38. The molecule has 0 saturated heterocycles. The Labute approximate surface area is 170 Å². The SMILES string of the molecule is COc1cc(C(=O)N2CCCc3c(N)cccc32)cc(NC(C)=O)c1OC.Cl. The smallest absolute Gasteiger partial charge is 0.258 e. The number of hydrogen-bond donors (Lipinski definition) is 2. The van der Waals surface area contributed by atoms with Crippen molar-refractivity contribution in [2.75, 3.05) is 36.7 Å². The van der Waals surface area contributed by atoms with Gasteiger partial charge in [-0.05, 0) is 42.7 Å². The monoisotopic (exact) mass is 405 g/mol. The number of nitrogens with two attached hydrogens (primary N) is 1. The minimum absolute atomic E-state index is 0. The number of carbonyl (C=O) groups is 2. The molecule has 150 valence electrons. The van der Waals surface area contributed by atoms with Crippen LogP contribution in [0.1, 0.15) is 29.3 Å². The third kappa shape index (κ3) is 3.99. The lowest BCUT2D eigenvalue weighted by atomic mass is 9.99. The van der Waals surface area contributed by atoms with Crippen LogP contribution in [0.2, 0.25) is 0 Å². The fraction of sp³-hybridized carbons (Fsp3) is 0.300. The van der Waals surface area contributed by atoms with Gasteiger partial charge in [-0.2, -0.15) is 0 Å². The third-order valence-corrected chi connectivity index (χ3v) is 4.57. The number of nitrogens with zero attached hydrogens (tertiary/aromatic N) is 1. The Morgan fingerprint density at radius 3 is 2.57 bits per heavy atom. The lowest BCUT2D eigenvalue weighted by Gasteiger charge is -2.30. The van der Waals surface area contributed by atoms with Crippen LogP contribution in [0, 0.1) is 0 Å². The number of fused-ring (bicyclic) bond motifs is 1. The maximum Gasteiger partial charge on any atom is 0.258 e.